The van der Waals surface area contributed by atoms with Gasteiger partial charge in [-0.1, -0.05) is 30.3 Å². The van der Waals surface area contributed by atoms with Crippen LogP contribution in [0.4, 0.5) is 0 Å². The second kappa shape index (κ2) is 4.24. The molecular formula is C11H15NO2. The van der Waals surface area contributed by atoms with E-state index in [1.54, 1.807) is 6.92 Å². The molecule has 0 radical (unpaired) electrons. The van der Waals surface area contributed by atoms with Crippen LogP contribution < -0.4 is 5.73 Å². The molecule has 1 atom stereocenters. The van der Waals surface area contributed by atoms with Gasteiger partial charge in [0.05, 0.1) is 7.11 Å². The minimum absolute atomic E-state index is 0.240. The van der Waals surface area contributed by atoms with Crippen molar-refractivity contribution in [2.75, 3.05) is 13.7 Å². The number of rotatable bonds is 3. The summed E-state index contributed by atoms with van der Waals surface area (Å²) in [6.45, 7) is 2.03. The third-order valence-corrected chi connectivity index (χ3v) is 2.46. The Morgan fingerprint density at radius 3 is 2.43 bits per heavy atom. The molecule has 3 heteroatoms. The van der Waals surface area contributed by atoms with Gasteiger partial charge in [0.1, 0.15) is 5.41 Å². The molecule has 2 N–H and O–H groups in total. The summed E-state index contributed by atoms with van der Waals surface area (Å²) >= 11 is 0. The van der Waals surface area contributed by atoms with E-state index in [9.17, 15) is 4.79 Å². The molecule has 0 bridgehead atoms. The summed E-state index contributed by atoms with van der Waals surface area (Å²) in [6.07, 6.45) is 0. The number of nitrogens with two attached hydrogens (primary N) is 1. The third kappa shape index (κ3) is 1.77. The highest BCUT2D eigenvalue weighted by molar-refractivity contribution is 5.82. The zero-order chi connectivity index (χ0) is 10.6. The first-order chi connectivity index (χ1) is 6.65. The number of hydrogen-bond donors (Lipinski definition) is 1. The van der Waals surface area contributed by atoms with Crippen molar-refractivity contribution in [2.24, 2.45) is 5.73 Å². The van der Waals surface area contributed by atoms with Gasteiger partial charge in [-0.2, -0.15) is 0 Å². The van der Waals surface area contributed by atoms with Crippen LogP contribution >= 0.6 is 0 Å². The van der Waals surface area contributed by atoms with Gasteiger partial charge in [-0.05, 0) is 12.5 Å². The van der Waals surface area contributed by atoms with Crippen molar-refractivity contribution in [3.8, 4) is 0 Å². The first-order valence-electron chi connectivity index (χ1n) is 4.49. The SMILES string of the molecule is COC(=O)[C@](C)(CN)c1ccccc1. The number of methoxy groups -OCH3 is 1. The lowest BCUT2D eigenvalue weighted by Gasteiger charge is -2.25. The summed E-state index contributed by atoms with van der Waals surface area (Å²) in [5, 5.41) is 0. The first-order valence-corrected chi connectivity index (χ1v) is 4.49. The number of esters is 1. The van der Waals surface area contributed by atoms with E-state index in [1.807, 2.05) is 30.3 Å². The Morgan fingerprint density at radius 1 is 1.43 bits per heavy atom. The molecule has 0 aliphatic carbocycles. The zero-order valence-electron chi connectivity index (χ0n) is 8.49. The van der Waals surface area contributed by atoms with E-state index in [2.05, 4.69) is 0 Å². The van der Waals surface area contributed by atoms with Gasteiger partial charge in [-0.15, -0.1) is 0 Å². The fourth-order valence-corrected chi connectivity index (χ4v) is 1.35. The van der Waals surface area contributed by atoms with E-state index >= 15 is 0 Å². The maximum Gasteiger partial charge on any atom is 0.317 e. The van der Waals surface area contributed by atoms with Gasteiger partial charge in [-0.25, -0.2) is 0 Å². The summed E-state index contributed by atoms with van der Waals surface area (Å²) in [5.74, 6) is -0.300. The number of ether oxygens (including phenoxy) is 1. The quantitative estimate of drug-likeness (QED) is 0.731. The van der Waals surface area contributed by atoms with Gasteiger partial charge >= 0.3 is 5.97 Å². The zero-order valence-corrected chi connectivity index (χ0v) is 8.49. The number of hydrogen-bond acceptors (Lipinski definition) is 3. The van der Waals surface area contributed by atoms with Crippen LogP contribution in [0.5, 0.6) is 0 Å². The third-order valence-electron chi connectivity index (χ3n) is 2.46. The van der Waals surface area contributed by atoms with Gasteiger partial charge in [0.2, 0.25) is 0 Å². The fourth-order valence-electron chi connectivity index (χ4n) is 1.35. The molecule has 0 amide bonds. The van der Waals surface area contributed by atoms with Crippen LogP contribution in [0.2, 0.25) is 0 Å². The van der Waals surface area contributed by atoms with E-state index < -0.39 is 5.41 Å². The molecule has 3 nitrogen and oxygen atoms in total. The highest BCUT2D eigenvalue weighted by Crippen LogP contribution is 2.23. The van der Waals surface area contributed by atoms with E-state index in [0.717, 1.165) is 5.56 Å². The van der Waals surface area contributed by atoms with Crippen molar-refractivity contribution >= 4 is 5.97 Å². The van der Waals surface area contributed by atoms with Crippen LogP contribution in [-0.2, 0) is 14.9 Å². The molecule has 0 aromatic heterocycles. The molecule has 0 aliphatic rings. The van der Waals surface area contributed by atoms with Gasteiger partial charge in [-0.3, -0.25) is 4.79 Å². The lowest BCUT2D eigenvalue weighted by Crippen LogP contribution is -2.40. The predicted molar refractivity (Wildman–Crippen MR) is 54.9 cm³/mol. The smallest absolute Gasteiger partial charge is 0.317 e. The Morgan fingerprint density at radius 2 is 2.00 bits per heavy atom. The fraction of sp³-hybridized carbons (Fsp3) is 0.364. The second-order valence-electron chi connectivity index (χ2n) is 3.39. The molecule has 14 heavy (non-hydrogen) atoms. The molecule has 0 heterocycles. The Balaban J connectivity index is 3.08. The number of benzene rings is 1. The van der Waals surface area contributed by atoms with Crippen LogP contribution in [-0.4, -0.2) is 19.6 Å². The molecule has 0 saturated heterocycles. The Kier molecular flexibility index (Phi) is 3.25. The molecule has 76 valence electrons. The van der Waals surface area contributed by atoms with Gasteiger partial charge in [0, 0.05) is 6.54 Å². The topological polar surface area (TPSA) is 52.3 Å². The molecular weight excluding hydrogens is 178 g/mol. The maximum atomic E-state index is 11.6. The van der Waals surface area contributed by atoms with Crippen molar-refractivity contribution in [1.29, 1.82) is 0 Å². The molecule has 1 rings (SSSR count). The number of carbonyl (C=O) groups is 1. The predicted octanol–water partition coefficient (Wildman–Crippen LogP) is 1.08. The molecule has 0 spiro atoms. The summed E-state index contributed by atoms with van der Waals surface area (Å²) < 4.78 is 4.74. The van der Waals surface area contributed by atoms with Crippen LogP contribution in [0.3, 0.4) is 0 Å². The first kappa shape index (κ1) is 10.7. The average Bonchev–Trinajstić information content (AvgIpc) is 2.28. The van der Waals surface area contributed by atoms with Crippen molar-refractivity contribution in [3.63, 3.8) is 0 Å². The monoisotopic (exact) mass is 193 g/mol. The van der Waals surface area contributed by atoms with E-state index in [0.29, 0.717) is 0 Å². The molecule has 0 unspecified atom stereocenters. The Labute approximate surface area is 83.9 Å². The Hall–Kier alpha value is -1.35. The van der Waals surface area contributed by atoms with Crippen LogP contribution in [0.1, 0.15) is 12.5 Å². The van der Waals surface area contributed by atoms with Gasteiger partial charge < -0.3 is 10.5 Å². The molecule has 1 aromatic carbocycles. The van der Waals surface area contributed by atoms with Gasteiger partial charge in [0.25, 0.3) is 0 Å². The highest BCUT2D eigenvalue weighted by atomic mass is 16.5. The van der Waals surface area contributed by atoms with Crippen molar-refractivity contribution < 1.29 is 9.53 Å². The van der Waals surface area contributed by atoms with Crippen molar-refractivity contribution in [3.05, 3.63) is 35.9 Å². The maximum absolute atomic E-state index is 11.6. The van der Waals surface area contributed by atoms with Gasteiger partial charge in [0.15, 0.2) is 0 Å². The normalized spacial score (nSPS) is 14.5. The van der Waals surface area contributed by atoms with Crippen LogP contribution in [0.25, 0.3) is 0 Å². The Bertz CT molecular complexity index is 310. The van der Waals surface area contributed by atoms with Crippen molar-refractivity contribution in [1.82, 2.24) is 0 Å². The van der Waals surface area contributed by atoms with E-state index in [1.165, 1.54) is 7.11 Å². The standard InChI is InChI=1S/C11H15NO2/c1-11(8-12,10(13)14-2)9-6-4-3-5-7-9/h3-7H,8,12H2,1-2H3/t11-/m1/s1. The molecule has 0 aliphatic heterocycles. The lowest BCUT2D eigenvalue weighted by molar-refractivity contribution is -0.146. The van der Waals surface area contributed by atoms with E-state index in [-0.39, 0.29) is 12.5 Å². The second-order valence-corrected chi connectivity index (χ2v) is 3.39. The van der Waals surface area contributed by atoms with Crippen molar-refractivity contribution in [2.45, 2.75) is 12.3 Å². The average molecular weight is 193 g/mol. The van der Waals surface area contributed by atoms with Crippen LogP contribution in [0, 0.1) is 0 Å². The van der Waals surface area contributed by atoms with E-state index in [4.69, 9.17) is 10.5 Å². The lowest BCUT2D eigenvalue weighted by atomic mass is 9.83. The highest BCUT2D eigenvalue weighted by Gasteiger charge is 2.34. The summed E-state index contributed by atoms with van der Waals surface area (Å²) in [5.41, 5.74) is 5.76. The molecule has 0 fully saturated rings. The molecule has 1 aromatic rings. The largest absolute Gasteiger partial charge is 0.468 e. The summed E-state index contributed by atoms with van der Waals surface area (Å²) in [4.78, 5) is 11.6. The minimum atomic E-state index is -0.740. The minimum Gasteiger partial charge on any atom is -0.468 e. The van der Waals surface area contributed by atoms with Crippen LogP contribution in [0.15, 0.2) is 30.3 Å². The summed E-state index contributed by atoms with van der Waals surface area (Å²) in [7, 11) is 1.37. The number of carbonyl (C=O) groups excluding carboxylic acids is 1. The molecule has 0 saturated carbocycles. The summed E-state index contributed by atoms with van der Waals surface area (Å²) in [6, 6.07) is 9.42.